The minimum absolute atomic E-state index is 0.260. The minimum Gasteiger partial charge on any atom is -0.493 e. The van der Waals surface area contributed by atoms with Crippen LogP contribution in [0, 0.1) is 0 Å². The minimum atomic E-state index is 0.260. The Hall–Kier alpha value is -2.83. The number of aryl methyl sites for hydroxylation is 1. The summed E-state index contributed by atoms with van der Waals surface area (Å²) in [6.07, 6.45) is 6.25. The van der Waals surface area contributed by atoms with Gasteiger partial charge in [0.2, 0.25) is 5.89 Å². The van der Waals surface area contributed by atoms with E-state index in [2.05, 4.69) is 19.7 Å². The maximum atomic E-state index is 5.52. The number of aromatic nitrogens is 4. The monoisotopic (exact) mass is 340 g/mol. The highest BCUT2D eigenvalue weighted by molar-refractivity contribution is 5.43. The quantitative estimate of drug-likeness (QED) is 0.711. The molecular formula is C18H20N4O3. The van der Waals surface area contributed by atoms with Crippen LogP contribution in [0.5, 0.6) is 11.5 Å². The standard InChI is InChI=1S/C18H20N4O3/c1-23-15-4-3-12(7-16(15)24-2)8-17-20-18(25-21-17)13-5-6-22-11-19-10-14(22)9-13/h3-4,7,10-11,13H,5-6,8-9H2,1-2H3/t13-/m1/s1. The number of imidazole rings is 1. The van der Waals surface area contributed by atoms with Gasteiger partial charge < -0.3 is 18.6 Å². The molecule has 0 amide bonds. The lowest BCUT2D eigenvalue weighted by molar-refractivity contribution is 0.323. The zero-order valence-electron chi connectivity index (χ0n) is 14.3. The Labute approximate surface area is 145 Å². The van der Waals surface area contributed by atoms with Crippen LogP contribution in [-0.2, 0) is 19.4 Å². The lowest BCUT2D eigenvalue weighted by atomic mass is 9.96. The van der Waals surface area contributed by atoms with Crippen molar-refractivity contribution in [3.05, 3.63) is 53.7 Å². The molecule has 0 radical (unpaired) electrons. The summed E-state index contributed by atoms with van der Waals surface area (Å²) in [6.45, 7) is 0.938. The number of nitrogens with zero attached hydrogens (tertiary/aromatic N) is 4. The fraction of sp³-hybridized carbons (Fsp3) is 0.389. The first-order valence-corrected chi connectivity index (χ1v) is 8.29. The van der Waals surface area contributed by atoms with Crippen LogP contribution >= 0.6 is 0 Å². The maximum absolute atomic E-state index is 5.52. The predicted molar refractivity (Wildman–Crippen MR) is 89.9 cm³/mol. The number of rotatable bonds is 5. The molecule has 0 N–H and O–H groups in total. The summed E-state index contributed by atoms with van der Waals surface area (Å²) in [4.78, 5) is 8.80. The molecule has 7 heteroatoms. The van der Waals surface area contributed by atoms with Crippen molar-refractivity contribution in [2.75, 3.05) is 14.2 Å². The van der Waals surface area contributed by atoms with Crippen LogP contribution in [0.4, 0.5) is 0 Å². The van der Waals surface area contributed by atoms with E-state index < -0.39 is 0 Å². The molecule has 0 saturated carbocycles. The zero-order valence-corrected chi connectivity index (χ0v) is 14.3. The highest BCUT2D eigenvalue weighted by atomic mass is 16.5. The average Bonchev–Trinajstić information content (AvgIpc) is 3.30. The van der Waals surface area contributed by atoms with Crippen molar-refractivity contribution in [1.82, 2.24) is 19.7 Å². The van der Waals surface area contributed by atoms with Gasteiger partial charge in [-0.05, 0) is 24.1 Å². The second-order valence-corrected chi connectivity index (χ2v) is 6.18. The molecule has 0 saturated heterocycles. The van der Waals surface area contributed by atoms with E-state index in [1.807, 2.05) is 30.7 Å². The van der Waals surface area contributed by atoms with Crippen molar-refractivity contribution in [2.24, 2.45) is 0 Å². The van der Waals surface area contributed by atoms with Gasteiger partial charge in [0.1, 0.15) is 0 Å². The van der Waals surface area contributed by atoms with Gasteiger partial charge in [0.25, 0.3) is 0 Å². The first kappa shape index (κ1) is 15.7. The van der Waals surface area contributed by atoms with Gasteiger partial charge in [-0.1, -0.05) is 11.2 Å². The van der Waals surface area contributed by atoms with E-state index in [-0.39, 0.29) is 5.92 Å². The molecule has 0 unspecified atom stereocenters. The Kier molecular flexibility index (Phi) is 4.13. The van der Waals surface area contributed by atoms with Crippen molar-refractivity contribution in [1.29, 1.82) is 0 Å². The number of methoxy groups -OCH3 is 2. The molecular weight excluding hydrogens is 320 g/mol. The van der Waals surface area contributed by atoms with Crippen molar-refractivity contribution in [3.8, 4) is 11.5 Å². The SMILES string of the molecule is COc1ccc(Cc2noc([C@@H]3CCn4cncc4C3)n2)cc1OC. The fourth-order valence-corrected chi connectivity index (χ4v) is 3.26. The molecule has 130 valence electrons. The fourth-order valence-electron chi connectivity index (χ4n) is 3.26. The lowest BCUT2D eigenvalue weighted by Gasteiger charge is -2.20. The molecule has 0 fully saturated rings. The smallest absolute Gasteiger partial charge is 0.230 e. The third-order valence-corrected chi connectivity index (χ3v) is 4.62. The summed E-state index contributed by atoms with van der Waals surface area (Å²) >= 11 is 0. The van der Waals surface area contributed by atoms with Gasteiger partial charge in [-0.2, -0.15) is 4.98 Å². The highest BCUT2D eigenvalue weighted by Crippen LogP contribution is 2.30. The van der Waals surface area contributed by atoms with E-state index in [9.17, 15) is 0 Å². The average molecular weight is 340 g/mol. The van der Waals surface area contributed by atoms with Crippen molar-refractivity contribution >= 4 is 0 Å². The molecule has 0 bridgehead atoms. The van der Waals surface area contributed by atoms with Crippen LogP contribution in [0.15, 0.2) is 35.2 Å². The third-order valence-electron chi connectivity index (χ3n) is 4.62. The zero-order chi connectivity index (χ0) is 17.2. The van der Waals surface area contributed by atoms with Gasteiger partial charge in [-0.25, -0.2) is 4.98 Å². The van der Waals surface area contributed by atoms with Crippen LogP contribution in [0.25, 0.3) is 0 Å². The summed E-state index contributed by atoms with van der Waals surface area (Å²) in [7, 11) is 3.25. The molecule has 2 aromatic heterocycles. The predicted octanol–water partition coefficient (Wildman–Crippen LogP) is 2.60. The number of benzene rings is 1. The second kappa shape index (κ2) is 6.58. The Balaban J connectivity index is 1.49. The van der Waals surface area contributed by atoms with E-state index in [1.165, 1.54) is 5.69 Å². The second-order valence-electron chi connectivity index (χ2n) is 6.18. The third kappa shape index (κ3) is 3.09. The Morgan fingerprint density at radius 2 is 2.12 bits per heavy atom. The molecule has 3 heterocycles. The van der Waals surface area contributed by atoms with Crippen LogP contribution < -0.4 is 9.47 Å². The molecule has 7 nitrogen and oxygen atoms in total. The van der Waals surface area contributed by atoms with Gasteiger partial charge >= 0.3 is 0 Å². The van der Waals surface area contributed by atoms with Crippen LogP contribution in [0.3, 0.4) is 0 Å². The summed E-state index contributed by atoms with van der Waals surface area (Å²) in [5.41, 5.74) is 2.27. The van der Waals surface area contributed by atoms with Gasteiger partial charge in [-0.15, -0.1) is 0 Å². The van der Waals surface area contributed by atoms with E-state index >= 15 is 0 Å². The van der Waals surface area contributed by atoms with E-state index in [1.54, 1.807) is 14.2 Å². The van der Waals surface area contributed by atoms with Gasteiger partial charge in [0.05, 0.1) is 20.5 Å². The molecule has 1 aromatic carbocycles. The van der Waals surface area contributed by atoms with Crippen molar-refractivity contribution < 1.29 is 14.0 Å². The van der Waals surface area contributed by atoms with Crippen LogP contribution in [0.2, 0.25) is 0 Å². The molecule has 1 atom stereocenters. The lowest BCUT2D eigenvalue weighted by Crippen LogP contribution is -2.17. The Morgan fingerprint density at radius 1 is 1.24 bits per heavy atom. The summed E-state index contributed by atoms with van der Waals surface area (Å²) in [5, 5.41) is 4.15. The highest BCUT2D eigenvalue weighted by Gasteiger charge is 2.25. The first-order chi connectivity index (χ1) is 12.3. The van der Waals surface area contributed by atoms with E-state index in [0.717, 1.165) is 24.9 Å². The molecule has 1 aliphatic rings. The van der Waals surface area contributed by atoms with Crippen molar-refractivity contribution in [3.63, 3.8) is 0 Å². The normalized spacial score (nSPS) is 16.5. The van der Waals surface area contributed by atoms with Gasteiger partial charge in [0.15, 0.2) is 17.3 Å². The Morgan fingerprint density at radius 3 is 2.96 bits per heavy atom. The number of fused-ring (bicyclic) bond motifs is 1. The molecule has 4 rings (SSSR count). The number of ether oxygens (including phenoxy) is 2. The topological polar surface area (TPSA) is 75.2 Å². The summed E-state index contributed by atoms with van der Waals surface area (Å²) in [5.74, 6) is 3.06. The van der Waals surface area contributed by atoms with Gasteiger partial charge in [0, 0.05) is 37.2 Å². The molecule has 3 aromatic rings. The molecule has 1 aliphatic heterocycles. The molecule has 0 aliphatic carbocycles. The van der Waals surface area contributed by atoms with Gasteiger partial charge in [-0.3, -0.25) is 0 Å². The van der Waals surface area contributed by atoms with Crippen LogP contribution in [-0.4, -0.2) is 33.9 Å². The van der Waals surface area contributed by atoms with E-state index in [4.69, 9.17) is 14.0 Å². The number of hydrogen-bond acceptors (Lipinski definition) is 6. The summed E-state index contributed by atoms with van der Waals surface area (Å²) in [6, 6.07) is 5.81. The first-order valence-electron chi connectivity index (χ1n) is 8.29. The van der Waals surface area contributed by atoms with Crippen LogP contribution in [0.1, 0.15) is 35.3 Å². The largest absolute Gasteiger partial charge is 0.493 e. The number of hydrogen-bond donors (Lipinski definition) is 0. The van der Waals surface area contributed by atoms with Crippen molar-refractivity contribution in [2.45, 2.75) is 31.7 Å². The Bertz CT molecular complexity index is 871. The van der Waals surface area contributed by atoms with E-state index in [0.29, 0.717) is 29.6 Å². The maximum Gasteiger partial charge on any atom is 0.230 e. The summed E-state index contributed by atoms with van der Waals surface area (Å²) < 4.78 is 18.3. The molecule has 25 heavy (non-hydrogen) atoms. The molecule has 0 spiro atoms.